The SMILES string of the molecule is C=CCn1c(=NC(=O)CSCC(=O)N2CCCCCC2)sc2ccccc21. The number of allylic oxidation sites excluding steroid dienone is 1. The van der Waals surface area contributed by atoms with Crippen LogP contribution in [0.2, 0.25) is 0 Å². The maximum atomic E-state index is 12.3. The Morgan fingerprint density at radius 2 is 1.89 bits per heavy atom. The number of rotatable bonds is 6. The van der Waals surface area contributed by atoms with Crippen LogP contribution >= 0.6 is 23.1 Å². The van der Waals surface area contributed by atoms with Crippen LogP contribution < -0.4 is 4.80 Å². The Kier molecular flexibility index (Phi) is 7.29. The maximum absolute atomic E-state index is 12.3. The second-order valence-electron chi connectivity index (χ2n) is 6.54. The van der Waals surface area contributed by atoms with E-state index in [1.807, 2.05) is 33.7 Å². The van der Waals surface area contributed by atoms with E-state index >= 15 is 0 Å². The number of aromatic nitrogens is 1. The summed E-state index contributed by atoms with van der Waals surface area (Å²) >= 11 is 2.86. The molecule has 0 aliphatic carbocycles. The predicted octanol–water partition coefficient (Wildman–Crippen LogP) is 3.45. The van der Waals surface area contributed by atoms with E-state index in [4.69, 9.17) is 0 Å². The van der Waals surface area contributed by atoms with Crippen LogP contribution in [0.25, 0.3) is 10.2 Å². The average Bonchev–Trinajstić information content (AvgIpc) is 2.84. The van der Waals surface area contributed by atoms with E-state index in [2.05, 4.69) is 11.6 Å². The molecule has 7 heteroatoms. The molecule has 144 valence electrons. The van der Waals surface area contributed by atoms with Gasteiger partial charge in [-0.25, -0.2) is 0 Å². The topological polar surface area (TPSA) is 54.7 Å². The van der Waals surface area contributed by atoms with E-state index < -0.39 is 0 Å². The molecule has 0 bridgehead atoms. The number of nitrogens with zero attached hydrogens (tertiary/aromatic N) is 3. The Labute approximate surface area is 167 Å². The first-order valence-electron chi connectivity index (χ1n) is 9.31. The Morgan fingerprint density at radius 3 is 2.63 bits per heavy atom. The van der Waals surface area contributed by atoms with Gasteiger partial charge in [-0.3, -0.25) is 9.59 Å². The number of hydrogen-bond acceptors (Lipinski definition) is 4. The Hall–Kier alpha value is -1.86. The number of amides is 2. The van der Waals surface area contributed by atoms with Crippen LogP contribution in [0.1, 0.15) is 25.7 Å². The van der Waals surface area contributed by atoms with Crippen LogP contribution in [-0.4, -0.2) is 45.9 Å². The molecule has 1 aromatic heterocycles. The minimum Gasteiger partial charge on any atom is -0.342 e. The predicted molar refractivity (Wildman–Crippen MR) is 113 cm³/mol. The lowest BCUT2D eigenvalue weighted by molar-refractivity contribution is -0.128. The van der Waals surface area contributed by atoms with Crippen molar-refractivity contribution in [2.45, 2.75) is 32.2 Å². The standard InChI is InChI=1S/C20H25N3O2S2/c1-2-11-23-16-9-5-6-10-17(16)27-20(23)21-18(24)14-26-15-19(25)22-12-7-3-4-8-13-22/h2,5-6,9-10H,1,3-4,7-8,11-15H2. The molecular weight excluding hydrogens is 378 g/mol. The zero-order valence-corrected chi connectivity index (χ0v) is 17.1. The summed E-state index contributed by atoms with van der Waals surface area (Å²) in [6, 6.07) is 8.00. The van der Waals surface area contributed by atoms with Gasteiger partial charge in [-0.15, -0.1) is 18.3 Å². The van der Waals surface area contributed by atoms with Crippen molar-refractivity contribution in [1.29, 1.82) is 0 Å². The van der Waals surface area contributed by atoms with Gasteiger partial charge >= 0.3 is 0 Å². The van der Waals surface area contributed by atoms with E-state index in [1.165, 1.54) is 35.9 Å². The molecule has 1 aliphatic heterocycles. The van der Waals surface area contributed by atoms with Crippen LogP contribution in [0.4, 0.5) is 0 Å². The average molecular weight is 404 g/mol. The summed E-state index contributed by atoms with van der Waals surface area (Å²) in [5.74, 6) is 0.508. The molecule has 0 spiro atoms. The fraction of sp³-hybridized carbons (Fsp3) is 0.450. The monoisotopic (exact) mass is 403 g/mol. The minimum atomic E-state index is -0.201. The zero-order chi connectivity index (χ0) is 19.1. The number of hydrogen-bond donors (Lipinski definition) is 0. The van der Waals surface area contributed by atoms with Crippen molar-refractivity contribution in [3.63, 3.8) is 0 Å². The summed E-state index contributed by atoms with van der Waals surface area (Å²) in [6.45, 7) is 6.10. The van der Waals surface area contributed by atoms with Gasteiger partial charge in [0.05, 0.1) is 21.7 Å². The lowest BCUT2D eigenvalue weighted by Crippen LogP contribution is -2.33. The molecule has 27 heavy (non-hydrogen) atoms. The Balaban J connectivity index is 1.61. The Bertz CT molecular complexity index is 877. The zero-order valence-electron chi connectivity index (χ0n) is 15.4. The highest BCUT2D eigenvalue weighted by Crippen LogP contribution is 2.17. The van der Waals surface area contributed by atoms with Crippen molar-refractivity contribution in [3.05, 3.63) is 41.7 Å². The number of thioether (sulfide) groups is 1. The normalized spacial score (nSPS) is 15.7. The van der Waals surface area contributed by atoms with Gasteiger partial charge in [-0.1, -0.05) is 42.4 Å². The van der Waals surface area contributed by atoms with E-state index in [-0.39, 0.29) is 17.6 Å². The number of carbonyl (C=O) groups excluding carboxylic acids is 2. The highest BCUT2D eigenvalue weighted by atomic mass is 32.2. The molecule has 5 nitrogen and oxygen atoms in total. The first-order chi connectivity index (χ1) is 13.2. The molecule has 3 rings (SSSR count). The largest absolute Gasteiger partial charge is 0.342 e. The summed E-state index contributed by atoms with van der Waals surface area (Å²) in [6.07, 6.45) is 6.37. The fourth-order valence-corrected chi connectivity index (χ4v) is 4.94. The number of benzene rings is 1. The number of likely N-dealkylation sites (tertiary alicyclic amines) is 1. The molecule has 0 radical (unpaired) electrons. The number of thiazole rings is 1. The number of carbonyl (C=O) groups is 2. The second-order valence-corrected chi connectivity index (χ2v) is 8.54. The summed E-state index contributed by atoms with van der Waals surface area (Å²) in [5.41, 5.74) is 1.05. The maximum Gasteiger partial charge on any atom is 0.258 e. The third-order valence-corrected chi connectivity index (χ3v) is 6.49. The molecule has 2 heterocycles. The van der Waals surface area contributed by atoms with Gasteiger partial charge in [-0.05, 0) is 25.0 Å². The van der Waals surface area contributed by atoms with Crippen LogP contribution in [-0.2, 0) is 16.1 Å². The quantitative estimate of drug-likeness (QED) is 0.694. The highest BCUT2D eigenvalue weighted by Gasteiger charge is 2.16. The van der Waals surface area contributed by atoms with Gasteiger partial charge < -0.3 is 9.47 Å². The second kappa shape index (κ2) is 9.90. The lowest BCUT2D eigenvalue weighted by atomic mass is 10.2. The van der Waals surface area contributed by atoms with Crippen LogP contribution in [0.5, 0.6) is 0 Å². The van der Waals surface area contributed by atoms with E-state index in [1.54, 1.807) is 6.08 Å². The van der Waals surface area contributed by atoms with Crippen molar-refractivity contribution < 1.29 is 9.59 Å². The van der Waals surface area contributed by atoms with Crippen molar-refractivity contribution >= 4 is 45.1 Å². The van der Waals surface area contributed by atoms with Crippen molar-refractivity contribution in [2.75, 3.05) is 24.6 Å². The van der Waals surface area contributed by atoms with E-state index in [0.717, 1.165) is 36.1 Å². The highest BCUT2D eigenvalue weighted by molar-refractivity contribution is 8.00. The van der Waals surface area contributed by atoms with Crippen molar-refractivity contribution in [1.82, 2.24) is 9.47 Å². The van der Waals surface area contributed by atoms with Gasteiger partial charge in [-0.2, -0.15) is 4.99 Å². The molecule has 1 aromatic carbocycles. The number of fused-ring (bicyclic) bond motifs is 1. The summed E-state index contributed by atoms with van der Waals surface area (Å²) in [4.78, 5) is 31.5. The molecule has 2 amide bonds. The first kappa shape index (κ1) is 19.9. The summed E-state index contributed by atoms with van der Waals surface area (Å²) < 4.78 is 3.09. The molecule has 1 fully saturated rings. The lowest BCUT2D eigenvalue weighted by Gasteiger charge is -2.19. The van der Waals surface area contributed by atoms with Gasteiger partial charge in [0.2, 0.25) is 5.91 Å². The molecule has 1 aliphatic rings. The third-order valence-electron chi connectivity index (χ3n) is 4.53. The third kappa shape index (κ3) is 5.32. The van der Waals surface area contributed by atoms with E-state index in [9.17, 15) is 9.59 Å². The molecule has 2 aromatic rings. The smallest absolute Gasteiger partial charge is 0.258 e. The first-order valence-corrected chi connectivity index (χ1v) is 11.3. The fourth-order valence-electron chi connectivity index (χ4n) is 3.19. The molecule has 1 saturated heterocycles. The number of para-hydroxylation sites is 1. The van der Waals surface area contributed by atoms with Gasteiger partial charge in [0.25, 0.3) is 5.91 Å². The molecular formula is C20H25N3O2S2. The van der Waals surface area contributed by atoms with Crippen LogP contribution in [0.3, 0.4) is 0 Å². The molecule has 0 unspecified atom stereocenters. The van der Waals surface area contributed by atoms with E-state index in [0.29, 0.717) is 17.1 Å². The molecule has 0 N–H and O–H groups in total. The van der Waals surface area contributed by atoms with Gasteiger partial charge in [0.1, 0.15) is 0 Å². The minimum absolute atomic E-state index is 0.137. The molecule has 0 saturated carbocycles. The van der Waals surface area contributed by atoms with Crippen LogP contribution in [0, 0.1) is 0 Å². The summed E-state index contributed by atoms with van der Waals surface area (Å²) in [5, 5.41) is 0. The van der Waals surface area contributed by atoms with Gasteiger partial charge in [0.15, 0.2) is 4.80 Å². The van der Waals surface area contributed by atoms with Crippen LogP contribution in [0.15, 0.2) is 41.9 Å². The van der Waals surface area contributed by atoms with Gasteiger partial charge in [0, 0.05) is 19.6 Å². The Morgan fingerprint density at radius 1 is 1.15 bits per heavy atom. The molecule has 0 atom stereocenters. The van der Waals surface area contributed by atoms with Crippen molar-refractivity contribution in [3.8, 4) is 0 Å². The summed E-state index contributed by atoms with van der Waals surface area (Å²) in [7, 11) is 0. The van der Waals surface area contributed by atoms with Crippen molar-refractivity contribution in [2.24, 2.45) is 4.99 Å².